The molecule has 148 valence electrons. The van der Waals surface area contributed by atoms with Gasteiger partial charge in [0.05, 0.1) is 12.7 Å². The van der Waals surface area contributed by atoms with Crippen LogP contribution in [0.15, 0.2) is 18.2 Å². The number of halogens is 1. The molecule has 4 nitrogen and oxygen atoms in total. The number of fused-ring (bicyclic) bond motifs is 1. The number of benzene rings is 1. The van der Waals surface area contributed by atoms with Crippen molar-refractivity contribution in [2.75, 3.05) is 37.7 Å². The van der Waals surface area contributed by atoms with Gasteiger partial charge in [-0.05, 0) is 62.6 Å². The van der Waals surface area contributed by atoms with Crippen molar-refractivity contribution >= 4 is 17.3 Å². The lowest BCUT2D eigenvalue weighted by atomic mass is 10.0. The van der Waals surface area contributed by atoms with E-state index in [9.17, 15) is 0 Å². The van der Waals surface area contributed by atoms with Gasteiger partial charge in [-0.1, -0.05) is 17.7 Å². The molecule has 4 aliphatic rings. The summed E-state index contributed by atoms with van der Waals surface area (Å²) >= 11 is 6.31. The number of hydrogen-bond acceptors (Lipinski definition) is 4. The van der Waals surface area contributed by atoms with Crippen LogP contribution in [0.5, 0.6) is 0 Å². The maximum Gasteiger partial charge on any atom is 0.0731 e. The number of nitrogens with zero attached hydrogens (tertiary/aromatic N) is 2. The van der Waals surface area contributed by atoms with E-state index in [0.29, 0.717) is 24.2 Å². The smallest absolute Gasteiger partial charge is 0.0731 e. The van der Waals surface area contributed by atoms with Gasteiger partial charge in [-0.2, -0.15) is 0 Å². The maximum atomic E-state index is 6.31. The van der Waals surface area contributed by atoms with E-state index in [1.54, 1.807) is 0 Å². The number of anilines is 1. The van der Waals surface area contributed by atoms with Crippen molar-refractivity contribution in [3.8, 4) is 0 Å². The molecule has 3 aliphatic heterocycles. The van der Waals surface area contributed by atoms with Crippen LogP contribution in [-0.4, -0.2) is 61.9 Å². The summed E-state index contributed by atoms with van der Waals surface area (Å²) in [4.78, 5) is 5.18. The molecule has 1 aromatic rings. The molecule has 0 amide bonds. The summed E-state index contributed by atoms with van der Waals surface area (Å²) in [5, 5.41) is 4.85. The van der Waals surface area contributed by atoms with Crippen molar-refractivity contribution in [3.05, 3.63) is 28.8 Å². The predicted molar refractivity (Wildman–Crippen MR) is 111 cm³/mol. The van der Waals surface area contributed by atoms with Crippen LogP contribution in [0, 0.1) is 12.8 Å². The fourth-order valence-corrected chi connectivity index (χ4v) is 5.36. The lowest BCUT2D eigenvalue weighted by Crippen LogP contribution is -2.48. The molecule has 1 N–H and O–H groups in total. The Bertz CT molecular complexity index is 672. The molecule has 1 saturated carbocycles. The molecular weight excluding hydrogens is 358 g/mol. The van der Waals surface area contributed by atoms with Crippen LogP contribution < -0.4 is 10.2 Å². The number of rotatable bonds is 4. The second-order valence-corrected chi connectivity index (χ2v) is 9.52. The molecule has 0 radical (unpaired) electrons. The minimum atomic E-state index is 0.518. The quantitative estimate of drug-likeness (QED) is 0.853. The van der Waals surface area contributed by atoms with Gasteiger partial charge in [0.1, 0.15) is 0 Å². The van der Waals surface area contributed by atoms with E-state index in [4.69, 9.17) is 16.3 Å². The van der Waals surface area contributed by atoms with E-state index in [-0.39, 0.29) is 0 Å². The number of morpholine rings is 1. The molecule has 1 aromatic carbocycles. The van der Waals surface area contributed by atoms with Crippen LogP contribution in [0.4, 0.5) is 5.69 Å². The molecule has 5 rings (SSSR count). The van der Waals surface area contributed by atoms with E-state index in [0.717, 1.165) is 36.2 Å². The van der Waals surface area contributed by atoms with Crippen LogP contribution in [0.2, 0.25) is 5.02 Å². The predicted octanol–water partition coefficient (Wildman–Crippen LogP) is 3.46. The molecule has 1 aliphatic carbocycles. The van der Waals surface area contributed by atoms with Gasteiger partial charge in [-0.25, -0.2) is 0 Å². The van der Waals surface area contributed by atoms with Crippen molar-refractivity contribution < 1.29 is 4.74 Å². The summed E-state index contributed by atoms with van der Waals surface area (Å²) in [6, 6.07) is 8.40. The van der Waals surface area contributed by atoms with Crippen LogP contribution in [0.3, 0.4) is 0 Å². The third kappa shape index (κ3) is 4.00. The van der Waals surface area contributed by atoms with Gasteiger partial charge in [0.15, 0.2) is 0 Å². The summed E-state index contributed by atoms with van der Waals surface area (Å²) in [5.74, 6) is 0.859. The monoisotopic (exact) mass is 389 g/mol. The second kappa shape index (κ2) is 7.55. The molecule has 3 atom stereocenters. The van der Waals surface area contributed by atoms with Crippen LogP contribution in [0.25, 0.3) is 0 Å². The first-order chi connectivity index (χ1) is 13.2. The second-order valence-electron chi connectivity index (χ2n) is 9.11. The van der Waals surface area contributed by atoms with Crippen molar-refractivity contribution in [2.45, 2.75) is 63.3 Å². The SMILES string of the molecule is Cc1ccc(N2CCC(N[C@@H]3C[C@H]4CO[C@H](C5CC5)CN4C3)CC2)cc1Cl. The van der Waals surface area contributed by atoms with Gasteiger partial charge in [0.2, 0.25) is 0 Å². The van der Waals surface area contributed by atoms with Crippen LogP contribution >= 0.6 is 11.6 Å². The largest absolute Gasteiger partial charge is 0.375 e. The van der Waals surface area contributed by atoms with Crippen molar-refractivity contribution in [3.63, 3.8) is 0 Å². The van der Waals surface area contributed by atoms with Crippen molar-refractivity contribution in [1.29, 1.82) is 0 Å². The maximum absolute atomic E-state index is 6.31. The first kappa shape index (κ1) is 18.2. The highest BCUT2D eigenvalue weighted by Gasteiger charge is 2.42. The number of aryl methyl sites for hydroxylation is 1. The highest BCUT2D eigenvalue weighted by atomic mass is 35.5. The minimum Gasteiger partial charge on any atom is -0.375 e. The molecule has 5 heteroatoms. The standard InChI is InChI=1S/C22H32ClN3O/c1-15-2-5-19(11-21(15)23)25-8-6-17(7-9-25)24-18-10-20-14-27-22(16-3-4-16)13-26(20)12-18/h2,5,11,16-18,20,22,24H,3-4,6-10,12-14H2,1H3/t18-,20+,22+/m1/s1. The zero-order valence-electron chi connectivity index (χ0n) is 16.4. The average Bonchev–Trinajstić information content (AvgIpc) is 3.45. The van der Waals surface area contributed by atoms with Gasteiger partial charge in [0, 0.05) is 55.0 Å². The first-order valence-corrected chi connectivity index (χ1v) is 11.2. The molecule has 3 saturated heterocycles. The zero-order chi connectivity index (χ0) is 18.4. The first-order valence-electron chi connectivity index (χ1n) is 10.8. The Morgan fingerprint density at radius 2 is 1.89 bits per heavy atom. The van der Waals surface area contributed by atoms with Crippen molar-refractivity contribution in [1.82, 2.24) is 10.2 Å². The normalized spacial score (nSPS) is 32.7. The fraction of sp³-hybridized carbons (Fsp3) is 0.727. The Hall–Kier alpha value is -0.810. The van der Waals surface area contributed by atoms with Gasteiger partial charge in [-0.15, -0.1) is 0 Å². The lowest BCUT2D eigenvalue weighted by Gasteiger charge is -2.35. The van der Waals surface area contributed by atoms with E-state index < -0.39 is 0 Å². The molecule has 27 heavy (non-hydrogen) atoms. The van der Waals surface area contributed by atoms with Gasteiger partial charge in [0.25, 0.3) is 0 Å². The summed E-state index contributed by atoms with van der Waals surface area (Å²) in [6.07, 6.45) is 6.97. The van der Waals surface area contributed by atoms with Crippen LogP contribution in [0.1, 0.15) is 37.7 Å². The molecule has 0 unspecified atom stereocenters. The Morgan fingerprint density at radius 3 is 2.63 bits per heavy atom. The Morgan fingerprint density at radius 1 is 1.07 bits per heavy atom. The molecular formula is C22H32ClN3O. The lowest BCUT2D eigenvalue weighted by molar-refractivity contribution is -0.0581. The van der Waals surface area contributed by atoms with E-state index in [1.165, 1.54) is 50.9 Å². The van der Waals surface area contributed by atoms with Gasteiger partial charge < -0.3 is 15.0 Å². The van der Waals surface area contributed by atoms with Crippen molar-refractivity contribution in [2.24, 2.45) is 5.92 Å². The summed E-state index contributed by atoms with van der Waals surface area (Å²) in [5.41, 5.74) is 2.42. The summed E-state index contributed by atoms with van der Waals surface area (Å²) in [6.45, 7) is 7.63. The fourth-order valence-electron chi connectivity index (χ4n) is 5.19. The number of nitrogens with one attached hydrogen (secondary N) is 1. The number of ether oxygens (including phenoxy) is 1. The molecule has 3 heterocycles. The van der Waals surface area contributed by atoms with Gasteiger partial charge >= 0.3 is 0 Å². The Labute approximate surface area is 168 Å². The topological polar surface area (TPSA) is 27.7 Å². The summed E-state index contributed by atoms with van der Waals surface area (Å²) < 4.78 is 6.15. The minimum absolute atomic E-state index is 0.518. The third-order valence-corrected chi connectivity index (χ3v) is 7.49. The number of hydrogen-bond donors (Lipinski definition) is 1. The zero-order valence-corrected chi connectivity index (χ0v) is 17.1. The highest BCUT2D eigenvalue weighted by Crippen LogP contribution is 2.38. The average molecular weight is 390 g/mol. The van der Waals surface area contributed by atoms with Gasteiger partial charge in [-0.3, -0.25) is 4.90 Å². The Kier molecular flexibility index (Phi) is 5.10. The van der Waals surface area contributed by atoms with Crippen LogP contribution in [-0.2, 0) is 4.74 Å². The van der Waals surface area contributed by atoms with E-state index >= 15 is 0 Å². The number of piperidine rings is 1. The molecule has 0 bridgehead atoms. The molecule has 0 spiro atoms. The molecule has 0 aromatic heterocycles. The Balaban J connectivity index is 1.11. The van der Waals surface area contributed by atoms with E-state index in [1.807, 2.05) is 0 Å². The third-order valence-electron chi connectivity index (χ3n) is 7.08. The summed E-state index contributed by atoms with van der Waals surface area (Å²) in [7, 11) is 0. The van der Waals surface area contributed by atoms with E-state index in [2.05, 4.69) is 40.2 Å². The highest BCUT2D eigenvalue weighted by molar-refractivity contribution is 6.31. The molecule has 4 fully saturated rings.